The lowest BCUT2D eigenvalue weighted by atomic mass is 9.96. The molecule has 1 aliphatic heterocycles. The lowest BCUT2D eigenvalue weighted by Gasteiger charge is -2.23. The highest BCUT2D eigenvalue weighted by molar-refractivity contribution is 7.99. The maximum Gasteiger partial charge on any atom is 0.119 e. The average Bonchev–Trinajstić information content (AvgIpc) is 2.87. The van der Waals surface area contributed by atoms with Gasteiger partial charge in [-0.2, -0.15) is 0 Å². The molecule has 0 amide bonds. The summed E-state index contributed by atoms with van der Waals surface area (Å²) in [7, 11) is 2.18. The molecule has 4 rings (SSSR count). The normalized spacial score (nSPS) is 17.2. The molecule has 1 unspecified atom stereocenters. The molecule has 3 aromatic rings. The summed E-state index contributed by atoms with van der Waals surface area (Å²) >= 11 is 1.98. The maximum atomic E-state index is 6.12. The van der Waals surface area contributed by atoms with Crippen molar-refractivity contribution in [2.24, 2.45) is 7.05 Å². The number of hydrogen-bond donors (Lipinski definition) is 0. The zero-order chi connectivity index (χ0) is 15.8. The lowest BCUT2D eigenvalue weighted by Crippen LogP contribution is -2.15. The molecule has 1 aromatic heterocycles. The van der Waals surface area contributed by atoms with Crippen LogP contribution in [0.1, 0.15) is 23.5 Å². The van der Waals surface area contributed by atoms with E-state index in [2.05, 4.69) is 67.1 Å². The van der Waals surface area contributed by atoms with Crippen LogP contribution in [0.4, 0.5) is 0 Å². The molecule has 3 heteroatoms. The summed E-state index contributed by atoms with van der Waals surface area (Å²) in [6, 6.07) is 17.1. The summed E-state index contributed by atoms with van der Waals surface area (Å²) in [5, 5.41) is 2.80. The maximum absolute atomic E-state index is 6.12. The minimum Gasteiger partial charge on any atom is -0.493 e. The molecular weight excluding hydrogens is 302 g/mol. The van der Waals surface area contributed by atoms with Crippen LogP contribution >= 0.6 is 11.8 Å². The Morgan fingerprint density at radius 3 is 2.91 bits per heavy atom. The van der Waals surface area contributed by atoms with Crippen molar-refractivity contribution in [2.75, 3.05) is 12.4 Å². The van der Waals surface area contributed by atoms with Gasteiger partial charge in [0.15, 0.2) is 0 Å². The van der Waals surface area contributed by atoms with Crippen LogP contribution in [0, 0.1) is 6.92 Å². The molecule has 0 spiro atoms. The second kappa shape index (κ2) is 5.97. The first-order valence-corrected chi connectivity index (χ1v) is 9.12. The number of nitrogens with zero attached hydrogens (tertiary/aromatic N) is 1. The Labute approximate surface area is 141 Å². The van der Waals surface area contributed by atoms with E-state index in [0.717, 1.165) is 12.4 Å². The fourth-order valence-corrected chi connectivity index (χ4v) is 4.80. The van der Waals surface area contributed by atoms with Gasteiger partial charge in [0.2, 0.25) is 0 Å². The summed E-state index contributed by atoms with van der Waals surface area (Å²) in [5.41, 5.74) is 4.05. The molecule has 1 aliphatic rings. The fourth-order valence-electron chi connectivity index (χ4n) is 3.48. The van der Waals surface area contributed by atoms with Gasteiger partial charge in [-0.25, -0.2) is 0 Å². The average molecular weight is 323 g/mol. The van der Waals surface area contributed by atoms with Crippen LogP contribution in [0.3, 0.4) is 0 Å². The first-order chi connectivity index (χ1) is 11.2. The number of thioether (sulfide) groups is 1. The minimum absolute atomic E-state index is 0.470. The number of fused-ring (bicyclic) bond motifs is 3. The van der Waals surface area contributed by atoms with E-state index in [1.807, 2.05) is 11.8 Å². The predicted octanol–water partition coefficient (Wildman–Crippen LogP) is 5.15. The van der Waals surface area contributed by atoms with Crippen LogP contribution < -0.4 is 4.74 Å². The van der Waals surface area contributed by atoms with E-state index in [1.165, 1.54) is 39.2 Å². The number of para-hydroxylation sites is 1. The third-order valence-electron chi connectivity index (χ3n) is 4.64. The molecule has 2 aromatic carbocycles. The van der Waals surface area contributed by atoms with Gasteiger partial charge in [-0.3, -0.25) is 0 Å². The van der Waals surface area contributed by atoms with Gasteiger partial charge in [0.1, 0.15) is 5.75 Å². The van der Waals surface area contributed by atoms with Crippen molar-refractivity contribution in [3.63, 3.8) is 0 Å². The standard InChI is InChI=1S/C20H21NOS/c1-14-6-5-7-16(12-14)22-13-15-10-11-23-20-19(15)17-8-3-4-9-18(17)21(20)2/h3-9,12,15H,10-11,13H2,1-2H3. The summed E-state index contributed by atoms with van der Waals surface area (Å²) in [6.07, 6.45) is 1.18. The predicted molar refractivity (Wildman–Crippen MR) is 97.7 cm³/mol. The van der Waals surface area contributed by atoms with Gasteiger partial charge in [-0.1, -0.05) is 30.3 Å². The van der Waals surface area contributed by atoms with Gasteiger partial charge in [0.05, 0.1) is 11.6 Å². The van der Waals surface area contributed by atoms with Crippen molar-refractivity contribution >= 4 is 22.7 Å². The molecule has 0 fully saturated rings. The quantitative estimate of drug-likeness (QED) is 0.662. The summed E-state index contributed by atoms with van der Waals surface area (Å²) < 4.78 is 8.46. The van der Waals surface area contributed by atoms with Crippen LogP contribution in [0.5, 0.6) is 5.75 Å². The lowest BCUT2D eigenvalue weighted by molar-refractivity contribution is 0.283. The molecule has 0 bridgehead atoms. The molecular formula is C20H21NOS. The third kappa shape index (κ3) is 2.63. The molecule has 2 heterocycles. The number of ether oxygens (including phenoxy) is 1. The Morgan fingerprint density at radius 1 is 1.17 bits per heavy atom. The molecule has 0 N–H and O–H groups in total. The first kappa shape index (κ1) is 14.7. The topological polar surface area (TPSA) is 14.2 Å². The van der Waals surface area contributed by atoms with Gasteiger partial charge >= 0.3 is 0 Å². The molecule has 23 heavy (non-hydrogen) atoms. The Morgan fingerprint density at radius 2 is 2.04 bits per heavy atom. The summed E-state index contributed by atoms with van der Waals surface area (Å²) in [6.45, 7) is 2.86. The van der Waals surface area contributed by atoms with E-state index in [4.69, 9.17) is 4.74 Å². The van der Waals surface area contributed by atoms with E-state index in [-0.39, 0.29) is 0 Å². The smallest absolute Gasteiger partial charge is 0.119 e. The number of benzene rings is 2. The van der Waals surface area contributed by atoms with Gasteiger partial charge in [-0.05, 0) is 42.7 Å². The van der Waals surface area contributed by atoms with E-state index in [1.54, 1.807) is 0 Å². The number of aryl methyl sites for hydroxylation is 2. The van der Waals surface area contributed by atoms with Gasteiger partial charge in [0, 0.05) is 29.6 Å². The molecule has 0 saturated carbocycles. The van der Waals surface area contributed by atoms with E-state index in [0.29, 0.717) is 5.92 Å². The Bertz CT molecular complexity index is 852. The molecule has 0 radical (unpaired) electrons. The van der Waals surface area contributed by atoms with Crippen LogP contribution in [0.2, 0.25) is 0 Å². The number of aromatic nitrogens is 1. The zero-order valence-corrected chi connectivity index (χ0v) is 14.4. The van der Waals surface area contributed by atoms with Crippen molar-refractivity contribution < 1.29 is 4.74 Å². The molecule has 118 valence electrons. The Balaban J connectivity index is 1.66. The SMILES string of the molecule is Cc1cccc(OCC2CCSc3c2c2ccccc2n3C)c1. The highest BCUT2D eigenvalue weighted by Crippen LogP contribution is 2.43. The van der Waals surface area contributed by atoms with Gasteiger partial charge < -0.3 is 9.30 Å². The van der Waals surface area contributed by atoms with Crippen molar-refractivity contribution in [3.05, 3.63) is 59.7 Å². The molecule has 0 aliphatic carbocycles. The van der Waals surface area contributed by atoms with Crippen molar-refractivity contribution in [2.45, 2.75) is 24.3 Å². The van der Waals surface area contributed by atoms with E-state index in [9.17, 15) is 0 Å². The van der Waals surface area contributed by atoms with Crippen LogP contribution in [-0.4, -0.2) is 16.9 Å². The minimum atomic E-state index is 0.470. The summed E-state index contributed by atoms with van der Waals surface area (Å²) in [4.78, 5) is 0. The van der Waals surface area contributed by atoms with Gasteiger partial charge in [-0.15, -0.1) is 11.8 Å². The van der Waals surface area contributed by atoms with Crippen LogP contribution in [0.15, 0.2) is 53.6 Å². The summed E-state index contributed by atoms with van der Waals surface area (Å²) in [5.74, 6) is 2.61. The molecule has 0 saturated heterocycles. The number of rotatable bonds is 3. The second-order valence-corrected chi connectivity index (χ2v) is 7.34. The largest absolute Gasteiger partial charge is 0.493 e. The monoisotopic (exact) mass is 323 g/mol. The molecule has 2 nitrogen and oxygen atoms in total. The van der Waals surface area contributed by atoms with E-state index < -0.39 is 0 Å². The zero-order valence-electron chi connectivity index (χ0n) is 13.6. The Kier molecular flexibility index (Phi) is 3.82. The second-order valence-electron chi connectivity index (χ2n) is 6.26. The van der Waals surface area contributed by atoms with Crippen molar-refractivity contribution in [1.82, 2.24) is 4.57 Å². The van der Waals surface area contributed by atoms with Crippen molar-refractivity contribution in [1.29, 1.82) is 0 Å². The highest BCUT2D eigenvalue weighted by atomic mass is 32.2. The third-order valence-corrected chi connectivity index (χ3v) is 5.85. The highest BCUT2D eigenvalue weighted by Gasteiger charge is 2.27. The van der Waals surface area contributed by atoms with Gasteiger partial charge in [0.25, 0.3) is 0 Å². The fraction of sp³-hybridized carbons (Fsp3) is 0.300. The Hall–Kier alpha value is -1.87. The van der Waals surface area contributed by atoms with Crippen molar-refractivity contribution in [3.8, 4) is 5.75 Å². The number of hydrogen-bond acceptors (Lipinski definition) is 2. The van der Waals surface area contributed by atoms with Crippen LogP contribution in [0.25, 0.3) is 10.9 Å². The van der Waals surface area contributed by atoms with E-state index >= 15 is 0 Å². The molecule has 1 atom stereocenters. The first-order valence-electron chi connectivity index (χ1n) is 8.13. The van der Waals surface area contributed by atoms with Crippen LogP contribution in [-0.2, 0) is 7.05 Å².